The topological polar surface area (TPSA) is 43.3 Å². The van der Waals surface area contributed by atoms with E-state index in [-0.39, 0.29) is 19.1 Å². The number of nitrogens with zero attached hydrogens (tertiary/aromatic N) is 2. The quantitative estimate of drug-likeness (QED) is 0.464. The molecule has 3 aromatic carbocycles. The van der Waals surface area contributed by atoms with Gasteiger partial charge in [0.25, 0.3) is 0 Å². The van der Waals surface area contributed by atoms with Crippen molar-refractivity contribution in [2.75, 3.05) is 6.79 Å². The molecule has 3 aliphatic rings. The maximum Gasteiger partial charge on any atom is 0.231 e. The summed E-state index contributed by atoms with van der Waals surface area (Å²) >= 11 is 6.34. The van der Waals surface area contributed by atoms with Crippen LogP contribution in [-0.2, 0) is 0 Å². The largest absolute Gasteiger partial charge is 0.464 e. The Morgan fingerprint density at radius 3 is 2.53 bits per heavy atom. The van der Waals surface area contributed by atoms with Gasteiger partial charge in [0.2, 0.25) is 13.0 Å². The highest BCUT2D eigenvalue weighted by Crippen LogP contribution is 2.48. The van der Waals surface area contributed by atoms with E-state index in [0.717, 1.165) is 46.1 Å². The van der Waals surface area contributed by atoms with Crippen molar-refractivity contribution in [1.82, 2.24) is 5.01 Å². The molecule has 0 radical (unpaired) electrons. The van der Waals surface area contributed by atoms with Crippen LogP contribution in [0, 0.1) is 0 Å². The number of hydrazone groups is 1. The Morgan fingerprint density at radius 2 is 1.72 bits per heavy atom. The van der Waals surface area contributed by atoms with Crippen LogP contribution in [0.2, 0.25) is 5.02 Å². The molecule has 3 aromatic rings. The van der Waals surface area contributed by atoms with Gasteiger partial charge in [-0.15, -0.1) is 0 Å². The average molecular weight is 447 g/mol. The van der Waals surface area contributed by atoms with Gasteiger partial charge in [-0.05, 0) is 47.9 Å². The lowest BCUT2D eigenvalue weighted by atomic mass is 9.95. The molecule has 162 valence electrons. The number of ether oxygens (including phenoxy) is 3. The van der Waals surface area contributed by atoms with E-state index >= 15 is 0 Å². The summed E-state index contributed by atoms with van der Waals surface area (Å²) < 4.78 is 17.5. The van der Waals surface area contributed by atoms with Crippen LogP contribution in [0.4, 0.5) is 0 Å². The smallest absolute Gasteiger partial charge is 0.231 e. The minimum absolute atomic E-state index is 0.0487. The molecule has 6 heteroatoms. The monoisotopic (exact) mass is 446 g/mol. The van der Waals surface area contributed by atoms with Crippen LogP contribution in [0.15, 0.2) is 65.8 Å². The highest BCUT2D eigenvalue weighted by molar-refractivity contribution is 6.30. The highest BCUT2D eigenvalue weighted by atomic mass is 35.5. The number of hydrogen-bond donors (Lipinski definition) is 0. The van der Waals surface area contributed by atoms with Crippen molar-refractivity contribution in [2.24, 2.45) is 5.10 Å². The van der Waals surface area contributed by atoms with Gasteiger partial charge in [0.15, 0.2) is 11.5 Å². The molecule has 0 fully saturated rings. The fourth-order valence-corrected chi connectivity index (χ4v) is 4.75. The zero-order chi connectivity index (χ0) is 21.8. The second-order valence-electron chi connectivity index (χ2n) is 8.69. The number of rotatable bonds is 3. The van der Waals surface area contributed by atoms with E-state index in [1.807, 2.05) is 36.4 Å². The predicted molar refractivity (Wildman–Crippen MR) is 124 cm³/mol. The summed E-state index contributed by atoms with van der Waals surface area (Å²) in [5.74, 6) is 2.87. The zero-order valence-electron chi connectivity index (χ0n) is 17.9. The SMILES string of the molecule is CC(C)c1ccc([C@H]2Oc3ccc(Cl)cc3[C@@H]3CC(c4ccc5c(c4)OCO5)=NN23)cc1. The summed E-state index contributed by atoms with van der Waals surface area (Å²) in [7, 11) is 0. The Kier molecular flexibility index (Phi) is 4.54. The standard InChI is InChI=1S/C26H23ClN2O3/c1-15(2)16-3-5-17(6-4-16)26-29-22(20-12-19(27)8-10-23(20)32-26)13-21(28-29)18-7-9-24-25(11-18)31-14-30-24/h3-12,15,22,26H,13-14H2,1-2H3/t22-,26+/m0/s1. The molecule has 0 aromatic heterocycles. The molecule has 32 heavy (non-hydrogen) atoms. The summed E-state index contributed by atoms with van der Waals surface area (Å²) in [6.45, 7) is 4.66. The van der Waals surface area contributed by atoms with E-state index in [1.54, 1.807) is 0 Å². The summed E-state index contributed by atoms with van der Waals surface area (Å²) in [5, 5.41) is 7.81. The first kappa shape index (κ1) is 19.5. The van der Waals surface area contributed by atoms with Gasteiger partial charge in [-0.25, -0.2) is 5.01 Å². The molecule has 6 rings (SSSR count). The molecule has 0 saturated carbocycles. The second kappa shape index (κ2) is 7.45. The normalized spacial score (nSPS) is 20.6. The van der Waals surface area contributed by atoms with Crippen molar-refractivity contribution < 1.29 is 14.2 Å². The van der Waals surface area contributed by atoms with Crippen LogP contribution < -0.4 is 14.2 Å². The van der Waals surface area contributed by atoms with E-state index < -0.39 is 0 Å². The highest BCUT2D eigenvalue weighted by Gasteiger charge is 2.41. The molecule has 0 unspecified atom stereocenters. The Hall–Kier alpha value is -3.18. The first-order valence-electron chi connectivity index (χ1n) is 10.9. The van der Waals surface area contributed by atoms with Gasteiger partial charge in [0.05, 0.1) is 11.8 Å². The van der Waals surface area contributed by atoms with Crippen LogP contribution in [-0.4, -0.2) is 17.5 Å². The van der Waals surface area contributed by atoms with Crippen molar-refractivity contribution >= 4 is 17.3 Å². The molecule has 0 spiro atoms. The van der Waals surface area contributed by atoms with Crippen LogP contribution >= 0.6 is 11.6 Å². The van der Waals surface area contributed by atoms with Gasteiger partial charge in [-0.2, -0.15) is 5.10 Å². The molecule has 0 amide bonds. The Labute approximate surface area is 192 Å². The van der Waals surface area contributed by atoms with Crippen LogP contribution in [0.1, 0.15) is 60.7 Å². The molecular weight excluding hydrogens is 424 g/mol. The lowest BCUT2D eigenvalue weighted by molar-refractivity contribution is -0.0190. The van der Waals surface area contributed by atoms with E-state index in [1.165, 1.54) is 5.56 Å². The fraction of sp³-hybridized carbons (Fsp3) is 0.269. The third-order valence-electron chi connectivity index (χ3n) is 6.35. The first-order valence-corrected chi connectivity index (χ1v) is 11.3. The van der Waals surface area contributed by atoms with Gasteiger partial charge in [-0.3, -0.25) is 0 Å². The Balaban J connectivity index is 1.41. The third kappa shape index (κ3) is 3.19. The summed E-state index contributed by atoms with van der Waals surface area (Å²) in [6.07, 6.45) is 0.457. The van der Waals surface area contributed by atoms with Gasteiger partial charge in [-0.1, -0.05) is 49.7 Å². The maximum absolute atomic E-state index is 6.46. The molecule has 0 N–H and O–H groups in total. The van der Waals surface area contributed by atoms with Crippen LogP contribution in [0.3, 0.4) is 0 Å². The van der Waals surface area contributed by atoms with E-state index in [0.29, 0.717) is 10.9 Å². The second-order valence-corrected chi connectivity index (χ2v) is 9.12. The predicted octanol–water partition coefficient (Wildman–Crippen LogP) is 6.43. The molecule has 2 atom stereocenters. The molecule has 3 heterocycles. The van der Waals surface area contributed by atoms with Crippen molar-refractivity contribution in [3.05, 3.63) is 87.9 Å². The third-order valence-corrected chi connectivity index (χ3v) is 6.58. The van der Waals surface area contributed by atoms with Crippen molar-refractivity contribution in [1.29, 1.82) is 0 Å². The number of halogens is 1. The van der Waals surface area contributed by atoms with Gasteiger partial charge < -0.3 is 14.2 Å². The number of hydrogen-bond acceptors (Lipinski definition) is 5. The molecule has 0 bridgehead atoms. The lowest BCUT2D eigenvalue weighted by Gasteiger charge is -2.38. The minimum Gasteiger partial charge on any atom is -0.464 e. The molecule has 3 aliphatic heterocycles. The maximum atomic E-state index is 6.46. The van der Waals surface area contributed by atoms with Crippen molar-refractivity contribution in [3.63, 3.8) is 0 Å². The molecule has 5 nitrogen and oxygen atoms in total. The van der Waals surface area contributed by atoms with Crippen LogP contribution in [0.5, 0.6) is 17.2 Å². The first-order chi connectivity index (χ1) is 15.6. The van der Waals surface area contributed by atoms with Crippen molar-refractivity contribution in [3.8, 4) is 17.2 Å². The number of benzene rings is 3. The van der Waals surface area contributed by atoms with Crippen LogP contribution in [0.25, 0.3) is 0 Å². The summed E-state index contributed by atoms with van der Waals surface area (Å²) in [5.41, 5.74) is 5.47. The van der Waals surface area contributed by atoms with Gasteiger partial charge >= 0.3 is 0 Å². The number of fused-ring (bicyclic) bond motifs is 4. The van der Waals surface area contributed by atoms with Gasteiger partial charge in [0.1, 0.15) is 5.75 Å². The average Bonchev–Trinajstić information content (AvgIpc) is 3.45. The Bertz CT molecular complexity index is 1220. The molecule has 0 saturated heterocycles. The van der Waals surface area contributed by atoms with E-state index in [2.05, 4.69) is 43.1 Å². The summed E-state index contributed by atoms with van der Waals surface area (Å²) in [6, 6.07) is 20.5. The fourth-order valence-electron chi connectivity index (χ4n) is 4.57. The van der Waals surface area contributed by atoms with E-state index in [9.17, 15) is 0 Å². The minimum atomic E-state index is -0.304. The molecular formula is C26H23ClN2O3. The Morgan fingerprint density at radius 1 is 0.938 bits per heavy atom. The van der Waals surface area contributed by atoms with E-state index in [4.69, 9.17) is 30.9 Å². The zero-order valence-corrected chi connectivity index (χ0v) is 18.7. The lowest BCUT2D eigenvalue weighted by Crippen LogP contribution is -2.33. The van der Waals surface area contributed by atoms with Crippen molar-refractivity contribution in [2.45, 2.75) is 38.5 Å². The molecule has 0 aliphatic carbocycles. The van der Waals surface area contributed by atoms with Gasteiger partial charge in [0, 0.05) is 28.1 Å². The summed E-state index contributed by atoms with van der Waals surface area (Å²) in [4.78, 5) is 0.